The summed E-state index contributed by atoms with van der Waals surface area (Å²) >= 11 is 0. The second kappa shape index (κ2) is 5.21. The van der Waals surface area contributed by atoms with Crippen molar-refractivity contribution >= 4 is 16.6 Å². The van der Waals surface area contributed by atoms with Gasteiger partial charge in [0.1, 0.15) is 0 Å². The second-order valence-corrected chi connectivity index (χ2v) is 5.69. The molecule has 0 aliphatic carbocycles. The molecule has 1 aliphatic heterocycles. The predicted molar refractivity (Wildman–Crippen MR) is 77.3 cm³/mol. The number of aromatic amines is 1. The number of ether oxygens (including phenoxy) is 1. The summed E-state index contributed by atoms with van der Waals surface area (Å²) in [5.74, 6) is 0.583. The normalized spacial score (nSPS) is 23.9. The molecule has 102 valence electrons. The average Bonchev–Trinajstić information content (AvgIpc) is 2.86. The number of hydrogen-bond acceptors (Lipinski definition) is 3. The van der Waals surface area contributed by atoms with E-state index in [-0.39, 0.29) is 0 Å². The number of nitrogens with one attached hydrogen (secondary N) is 2. The maximum atomic E-state index is 5.81. The highest BCUT2D eigenvalue weighted by atomic mass is 16.5. The van der Waals surface area contributed by atoms with Gasteiger partial charge < -0.3 is 10.1 Å². The van der Waals surface area contributed by atoms with Crippen LogP contribution in [0.25, 0.3) is 10.9 Å². The third-order valence-electron chi connectivity index (χ3n) is 3.87. The molecule has 19 heavy (non-hydrogen) atoms. The first kappa shape index (κ1) is 12.5. The van der Waals surface area contributed by atoms with Gasteiger partial charge in [0.15, 0.2) is 0 Å². The summed E-state index contributed by atoms with van der Waals surface area (Å²) in [6.45, 7) is 5.31. The Hall–Kier alpha value is -1.55. The SMILES string of the molecule is CC(C)C1CC(Nc2ccc3cn[nH]c3c2)CCO1. The molecule has 1 aromatic carbocycles. The molecule has 1 saturated heterocycles. The van der Waals surface area contributed by atoms with Crippen molar-refractivity contribution in [2.24, 2.45) is 5.92 Å². The number of benzene rings is 1. The van der Waals surface area contributed by atoms with Crippen LogP contribution in [0.4, 0.5) is 5.69 Å². The fourth-order valence-corrected chi connectivity index (χ4v) is 2.69. The number of hydrogen-bond donors (Lipinski definition) is 2. The van der Waals surface area contributed by atoms with Gasteiger partial charge in [-0.25, -0.2) is 0 Å². The van der Waals surface area contributed by atoms with E-state index in [9.17, 15) is 0 Å². The van der Waals surface area contributed by atoms with Crippen molar-refractivity contribution < 1.29 is 4.74 Å². The molecule has 0 saturated carbocycles. The van der Waals surface area contributed by atoms with Gasteiger partial charge in [-0.05, 0) is 37.0 Å². The van der Waals surface area contributed by atoms with Crippen LogP contribution in [0.3, 0.4) is 0 Å². The molecule has 4 nitrogen and oxygen atoms in total. The lowest BCUT2D eigenvalue weighted by molar-refractivity contribution is -0.0160. The van der Waals surface area contributed by atoms with Gasteiger partial charge in [-0.15, -0.1) is 0 Å². The van der Waals surface area contributed by atoms with Crippen molar-refractivity contribution in [3.63, 3.8) is 0 Å². The summed E-state index contributed by atoms with van der Waals surface area (Å²) < 4.78 is 5.81. The van der Waals surface area contributed by atoms with Crippen LogP contribution in [0.5, 0.6) is 0 Å². The van der Waals surface area contributed by atoms with E-state index in [1.54, 1.807) is 0 Å². The molecule has 1 fully saturated rings. The van der Waals surface area contributed by atoms with Crippen LogP contribution in [0.1, 0.15) is 26.7 Å². The Kier molecular flexibility index (Phi) is 3.42. The number of H-pyrrole nitrogens is 1. The molecule has 2 atom stereocenters. The molecule has 0 spiro atoms. The van der Waals surface area contributed by atoms with E-state index in [0.717, 1.165) is 36.0 Å². The highest BCUT2D eigenvalue weighted by Gasteiger charge is 2.24. The van der Waals surface area contributed by atoms with Gasteiger partial charge in [0, 0.05) is 23.7 Å². The van der Waals surface area contributed by atoms with Crippen molar-refractivity contribution in [1.29, 1.82) is 0 Å². The quantitative estimate of drug-likeness (QED) is 0.890. The summed E-state index contributed by atoms with van der Waals surface area (Å²) in [7, 11) is 0. The highest BCUT2D eigenvalue weighted by molar-refractivity contribution is 5.81. The minimum atomic E-state index is 0.377. The molecule has 2 unspecified atom stereocenters. The summed E-state index contributed by atoms with van der Waals surface area (Å²) in [6, 6.07) is 6.85. The van der Waals surface area contributed by atoms with Crippen LogP contribution < -0.4 is 5.32 Å². The molecule has 0 amide bonds. The summed E-state index contributed by atoms with van der Waals surface area (Å²) in [5, 5.41) is 11.8. The molecule has 2 heterocycles. The van der Waals surface area contributed by atoms with Gasteiger partial charge in [0.2, 0.25) is 0 Å². The highest BCUT2D eigenvalue weighted by Crippen LogP contribution is 2.24. The van der Waals surface area contributed by atoms with Crippen molar-refractivity contribution in [2.75, 3.05) is 11.9 Å². The third kappa shape index (κ3) is 2.73. The molecule has 0 bridgehead atoms. The molecule has 4 heteroatoms. The Morgan fingerprint density at radius 3 is 3.16 bits per heavy atom. The van der Waals surface area contributed by atoms with Gasteiger partial charge in [-0.3, -0.25) is 5.10 Å². The van der Waals surface area contributed by atoms with Crippen LogP contribution in [-0.2, 0) is 4.74 Å². The molecular formula is C15H21N3O. The van der Waals surface area contributed by atoms with Gasteiger partial charge in [0.05, 0.1) is 17.8 Å². The maximum absolute atomic E-state index is 5.81. The molecular weight excluding hydrogens is 238 g/mol. The zero-order valence-electron chi connectivity index (χ0n) is 11.5. The van der Waals surface area contributed by atoms with Crippen molar-refractivity contribution in [2.45, 2.75) is 38.8 Å². The van der Waals surface area contributed by atoms with Crippen molar-refractivity contribution in [3.8, 4) is 0 Å². The smallest absolute Gasteiger partial charge is 0.0670 e. The van der Waals surface area contributed by atoms with E-state index in [2.05, 4.69) is 47.6 Å². The lowest BCUT2D eigenvalue weighted by atomic mass is 9.95. The molecule has 1 aliphatic rings. The molecule has 2 aromatic rings. The Morgan fingerprint density at radius 2 is 2.32 bits per heavy atom. The van der Waals surface area contributed by atoms with E-state index in [1.807, 2.05) is 6.20 Å². The molecule has 1 aromatic heterocycles. The van der Waals surface area contributed by atoms with Gasteiger partial charge in [-0.1, -0.05) is 13.8 Å². The number of aromatic nitrogens is 2. The summed E-state index contributed by atoms with van der Waals surface area (Å²) in [6.07, 6.45) is 4.38. The van der Waals surface area contributed by atoms with Crippen LogP contribution >= 0.6 is 0 Å². The van der Waals surface area contributed by atoms with Crippen LogP contribution in [0, 0.1) is 5.92 Å². The average molecular weight is 259 g/mol. The first-order chi connectivity index (χ1) is 9.22. The second-order valence-electron chi connectivity index (χ2n) is 5.69. The fourth-order valence-electron chi connectivity index (χ4n) is 2.69. The Balaban J connectivity index is 1.69. The third-order valence-corrected chi connectivity index (χ3v) is 3.87. The summed E-state index contributed by atoms with van der Waals surface area (Å²) in [4.78, 5) is 0. The van der Waals surface area contributed by atoms with E-state index >= 15 is 0 Å². The predicted octanol–water partition coefficient (Wildman–Crippen LogP) is 3.18. The Labute approximate surface area is 113 Å². The largest absolute Gasteiger partial charge is 0.382 e. The van der Waals surface area contributed by atoms with Gasteiger partial charge in [0.25, 0.3) is 0 Å². The standard InChI is InChI=1S/C15H21N3O/c1-10(2)15-8-13(5-6-19-15)17-12-4-3-11-9-16-18-14(11)7-12/h3-4,7,9-10,13,15,17H,5-6,8H2,1-2H3,(H,16,18). The minimum Gasteiger partial charge on any atom is -0.382 e. The fraction of sp³-hybridized carbons (Fsp3) is 0.533. The first-order valence-electron chi connectivity index (χ1n) is 7.03. The number of anilines is 1. The summed E-state index contributed by atoms with van der Waals surface area (Å²) in [5.41, 5.74) is 2.24. The molecule has 3 rings (SSSR count). The van der Waals surface area contributed by atoms with Crippen LogP contribution in [-0.4, -0.2) is 29.0 Å². The van der Waals surface area contributed by atoms with E-state index in [0.29, 0.717) is 18.1 Å². The number of nitrogens with zero attached hydrogens (tertiary/aromatic N) is 1. The van der Waals surface area contributed by atoms with E-state index in [4.69, 9.17) is 4.74 Å². The zero-order chi connectivity index (χ0) is 13.2. The van der Waals surface area contributed by atoms with Gasteiger partial charge >= 0.3 is 0 Å². The maximum Gasteiger partial charge on any atom is 0.0670 e. The Bertz CT molecular complexity index is 549. The molecule has 0 radical (unpaired) electrons. The van der Waals surface area contributed by atoms with Gasteiger partial charge in [-0.2, -0.15) is 5.10 Å². The minimum absolute atomic E-state index is 0.377. The topological polar surface area (TPSA) is 49.9 Å². The van der Waals surface area contributed by atoms with E-state index < -0.39 is 0 Å². The number of rotatable bonds is 3. The van der Waals surface area contributed by atoms with Crippen molar-refractivity contribution in [1.82, 2.24) is 10.2 Å². The lowest BCUT2D eigenvalue weighted by Crippen LogP contribution is -2.36. The molecule has 2 N–H and O–H groups in total. The zero-order valence-corrected chi connectivity index (χ0v) is 11.5. The van der Waals surface area contributed by atoms with Crippen LogP contribution in [0.2, 0.25) is 0 Å². The monoisotopic (exact) mass is 259 g/mol. The van der Waals surface area contributed by atoms with Crippen LogP contribution in [0.15, 0.2) is 24.4 Å². The van der Waals surface area contributed by atoms with Crippen molar-refractivity contribution in [3.05, 3.63) is 24.4 Å². The number of fused-ring (bicyclic) bond motifs is 1. The Morgan fingerprint density at radius 1 is 1.42 bits per heavy atom. The lowest BCUT2D eigenvalue weighted by Gasteiger charge is -2.32. The van der Waals surface area contributed by atoms with E-state index in [1.165, 1.54) is 0 Å². The first-order valence-corrected chi connectivity index (χ1v) is 7.03.